The molecule has 1 saturated heterocycles. The van der Waals surface area contributed by atoms with Crippen LogP contribution in [0.5, 0.6) is 0 Å². The van der Waals surface area contributed by atoms with Crippen molar-refractivity contribution in [3.8, 4) is 11.1 Å². The summed E-state index contributed by atoms with van der Waals surface area (Å²) in [5, 5.41) is 0. The number of halogens is 1. The molecule has 148 valence electrons. The summed E-state index contributed by atoms with van der Waals surface area (Å²) >= 11 is 0. The van der Waals surface area contributed by atoms with Crippen molar-refractivity contribution in [3.63, 3.8) is 0 Å². The molecule has 1 aliphatic rings. The van der Waals surface area contributed by atoms with Crippen LogP contribution in [0.2, 0.25) is 0 Å². The molecule has 0 spiro atoms. The summed E-state index contributed by atoms with van der Waals surface area (Å²) < 4.78 is 14.2. The van der Waals surface area contributed by atoms with Crippen LogP contribution < -0.4 is 4.90 Å². The molecule has 0 radical (unpaired) electrons. The molecular formula is C22H22FN5O. The van der Waals surface area contributed by atoms with Gasteiger partial charge in [-0.15, -0.1) is 0 Å². The number of benzene rings is 1. The molecule has 0 aliphatic carbocycles. The quantitative estimate of drug-likeness (QED) is 0.685. The lowest BCUT2D eigenvalue weighted by atomic mass is 10.0. The van der Waals surface area contributed by atoms with Gasteiger partial charge in [0, 0.05) is 67.3 Å². The summed E-state index contributed by atoms with van der Waals surface area (Å²) in [5.74, 6) is -0.603. The number of hydrogen-bond acceptors (Lipinski definition) is 5. The van der Waals surface area contributed by atoms with Crippen LogP contribution in [0.15, 0.2) is 55.2 Å². The summed E-state index contributed by atoms with van der Waals surface area (Å²) in [6, 6.07) is 8.44. The fraction of sp³-hybridized carbons (Fsp3) is 0.273. The highest BCUT2D eigenvalue weighted by Crippen LogP contribution is 2.23. The Labute approximate surface area is 169 Å². The number of nitrogens with zero attached hydrogens (tertiary/aromatic N) is 5. The number of carbonyl (C=O) groups is 1. The van der Waals surface area contributed by atoms with E-state index in [2.05, 4.69) is 25.9 Å². The molecular weight excluding hydrogens is 369 g/mol. The van der Waals surface area contributed by atoms with Crippen LogP contribution in [0, 0.1) is 12.7 Å². The monoisotopic (exact) mass is 391 g/mol. The Bertz CT molecular complexity index is 1010. The number of rotatable bonds is 3. The molecule has 4 rings (SSSR count). The number of hydrogen-bond donors (Lipinski definition) is 0. The highest BCUT2D eigenvalue weighted by atomic mass is 19.1. The maximum absolute atomic E-state index is 14.2. The van der Waals surface area contributed by atoms with E-state index in [1.807, 2.05) is 13.0 Å². The van der Waals surface area contributed by atoms with E-state index in [4.69, 9.17) is 0 Å². The second kappa shape index (κ2) is 8.34. The molecule has 1 aliphatic heterocycles. The van der Waals surface area contributed by atoms with Crippen molar-refractivity contribution in [1.29, 1.82) is 0 Å². The van der Waals surface area contributed by atoms with Crippen LogP contribution in [-0.4, -0.2) is 51.9 Å². The largest absolute Gasteiger partial charge is 0.370 e. The minimum absolute atomic E-state index is 0.157. The fourth-order valence-corrected chi connectivity index (χ4v) is 3.62. The first-order valence-electron chi connectivity index (χ1n) is 9.63. The summed E-state index contributed by atoms with van der Waals surface area (Å²) in [6.45, 7) is 4.78. The molecule has 3 aromatic rings. The smallest absolute Gasteiger partial charge is 0.254 e. The minimum atomic E-state index is -0.446. The van der Waals surface area contributed by atoms with Gasteiger partial charge in [-0.2, -0.15) is 0 Å². The highest BCUT2D eigenvalue weighted by molar-refractivity contribution is 5.95. The molecule has 1 aromatic carbocycles. The highest BCUT2D eigenvalue weighted by Gasteiger charge is 2.21. The predicted molar refractivity (Wildman–Crippen MR) is 109 cm³/mol. The first kappa shape index (κ1) is 19.0. The average Bonchev–Trinajstić information content (AvgIpc) is 3.00. The SMILES string of the molecule is Cc1cc(N2CCCN(C(=O)c3cc(F)cc(-c4cncnc4)c3)CC2)ccn1. The zero-order valence-corrected chi connectivity index (χ0v) is 16.3. The van der Waals surface area contributed by atoms with Crippen molar-refractivity contribution >= 4 is 11.6 Å². The van der Waals surface area contributed by atoms with E-state index >= 15 is 0 Å². The average molecular weight is 391 g/mol. The number of carbonyl (C=O) groups excluding carboxylic acids is 1. The Hall–Kier alpha value is -3.35. The molecule has 0 atom stereocenters. The first-order chi connectivity index (χ1) is 14.1. The second-order valence-electron chi connectivity index (χ2n) is 7.14. The number of aryl methyl sites for hydroxylation is 1. The minimum Gasteiger partial charge on any atom is -0.370 e. The lowest BCUT2D eigenvalue weighted by Gasteiger charge is -2.24. The molecule has 2 aromatic heterocycles. The van der Waals surface area contributed by atoms with Crippen LogP contribution in [0.3, 0.4) is 0 Å². The van der Waals surface area contributed by atoms with Gasteiger partial charge in [0.25, 0.3) is 5.91 Å². The molecule has 0 saturated carbocycles. The van der Waals surface area contributed by atoms with E-state index in [1.165, 1.54) is 18.5 Å². The Balaban J connectivity index is 1.52. The van der Waals surface area contributed by atoms with Crippen molar-refractivity contribution in [2.45, 2.75) is 13.3 Å². The Morgan fingerprint density at radius 1 is 1.00 bits per heavy atom. The van der Waals surface area contributed by atoms with Crippen molar-refractivity contribution in [2.24, 2.45) is 0 Å². The van der Waals surface area contributed by atoms with Crippen LogP contribution in [-0.2, 0) is 0 Å². The normalized spacial score (nSPS) is 14.6. The van der Waals surface area contributed by atoms with E-state index in [1.54, 1.807) is 29.6 Å². The second-order valence-corrected chi connectivity index (χ2v) is 7.14. The number of amides is 1. The van der Waals surface area contributed by atoms with Gasteiger partial charge in [-0.3, -0.25) is 9.78 Å². The predicted octanol–water partition coefficient (Wildman–Crippen LogP) is 3.34. The fourth-order valence-electron chi connectivity index (χ4n) is 3.62. The van der Waals surface area contributed by atoms with Gasteiger partial charge >= 0.3 is 0 Å². The third kappa shape index (κ3) is 4.39. The molecule has 6 nitrogen and oxygen atoms in total. The molecule has 0 unspecified atom stereocenters. The molecule has 0 bridgehead atoms. The van der Waals surface area contributed by atoms with Crippen molar-refractivity contribution in [1.82, 2.24) is 19.9 Å². The van der Waals surface area contributed by atoms with Gasteiger partial charge in [0.15, 0.2) is 0 Å². The van der Waals surface area contributed by atoms with Crippen LogP contribution in [0.25, 0.3) is 11.1 Å². The van der Waals surface area contributed by atoms with E-state index < -0.39 is 5.82 Å². The summed E-state index contributed by atoms with van der Waals surface area (Å²) in [6.07, 6.45) is 7.29. The molecule has 0 N–H and O–H groups in total. The van der Waals surface area contributed by atoms with E-state index in [0.29, 0.717) is 29.8 Å². The third-order valence-electron chi connectivity index (χ3n) is 5.07. The molecule has 3 heterocycles. The van der Waals surface area contributed by atoms with E-state index in [0.717, 1.165) is 30.9 Å². The van der Waals surface area contributed by atoms with Crippen LogP contribution in [0.4, 0.5) is 10.1 Å². The summed E-state index contributed by atoms with van der Waals surface area (Å²) in [5.41, 5.74) is 3.70. The Morgan fingerprint density at radius 2 is 1.83 bits per heavy atom. The van der Waals surface area contributed by atoms with Gasteiger partial charge in [0.05, 0.1) is 0 Å². The van der Waals surface area contributed by atoms with Gasteiger partial charge in [-0.05, 0) is 49.2 Å². The molecule has 1 amide bonds. The lowest BCUT2D eigenvalue weighted by molar-refractivity contribution is 0.0766. The Kier molecular flexibility index (Phi) is 5.46. The molecule has 1 fully saturated rings. The maximum atomic E-state index is 14.2. The number of aromatic nitrogens is 3. The first-order valence-corrected chi connectivity index (χ1v) is 9.63. The van der Waals surface area contributed by atoms with Gasteiger partial charge in [-0.25, -0.2) is 14.4 Å². The van der Waals surface area contributed by atoms with Gasteiger partial charge in [0.2, 0.25) is 0 Å². The van der Waals surface area contributed by atoms with E-state index in [9.17, 15) is 9.18 Å². The van der Waals surface area contributed by atoms with Crippen LogP contribution in [0.1, 0.15) is 22.5 Å². The standard InChI is InChI=1S/C22H22FN5O/c1-16-9-21(3-4-26-16)27-5-2-6-28(8-7-27)22(29)18-10-17(11-20(23)12-18)19-13-24-15-25-14-19/h3-4,9-15H,2,5-8H2,1H3. The molecule has 29 heavy (non-hydrogen) atoms. The zero-order chi connectivity index (χ0) is 20.2. The van der Waals surface area contributed by atoms with E-state index in [-0.39, 0.29) is 5.91 Å². The summed E-state index contributed by atoms with van der Waals surface area (Å²) in [7, 11) is 0. The number of pyridine rings is 1. The molecule has 7 heteroatoms. The lowest BCUT2D eigenvalue weighted by Crippen LogP contribution is -2.35. The Morgan fingerprint density at radius 3 is 2.62 bits per heavy atom. The topological polar surface area (TPSA) is 62.2 Å². The zero-order valence-electron chi connectivity index (χ0n) is 16.3. The van der Waals surface area contributed by atoms with Crippen molar-refractivity contribution in [3.05, 3.63) is 72.3 Å². The number of anilines is 1. The van der Waals surface area contributed by atoms with Gasteiger partial charge in [-0.1, -0.05) is 0 Å². The van der Waals surface area contributed by atoms with Crippen molar-refractivity contribution in [2.75, 3.05) is 31.1 Å². The van der Waals surface area contributed by atoms with Crippen LogP contribution >= 0.6 is 0 Å². The maximum Gasteiger partial charge on any atom is 0.254 e. The summed E-state index contributed by atoms with van der Waals surface area (Å²) in [4.78, 5) is 29.3. The third-order valence-corrected chi connectivity index (χ3v) is 5.07. The van der Waals surface area contributed by atoms with Crippen molar-refractivity contribution < 1.29 is 9.18 Å². The van der Waals surface area contributed by atoms with Gasteiger partial charge < -0.3 is 9.80 Å². The van der Waals surface area contributed by atoms with Gasteiger partial charge in [0.1, 0.15) is 12.1 Å².